The molecule has 1 unspecified atom stereocenters. The van der Waals surface area contributed by atoms with Crippen LogP contribution in [0, 0.1) is 25.2 Å². The van der Waals surface area contributed by atoms with Crippen molar-refractivity contribution in [1.29, 1.82) is 5.26 Å². The zero-order valence-corrected chi connectivity index (χ0v) is 16.1. The smallest absolute Gasteiger partial charge is 0.248 e. The second-order valence-corrected chi connectivity index (χ2v) is 8.49. The minimum atomic E-state index is -3.66. The molecule has 1 aromatic carbocycles. The molecule has 9 heteroatoms. The first-order valence-corrected chi connectivity index (χ1v) is 9.98. The van der Waals surface area contributed by atoms with Crippen molar-refractivity contribution >= 4 is 21.6 Å². The highest BCUT2D eigenvalue weighted by Crippen LogP contribution is 2.27. The van der Waals surface area contributed by atoms with Gasteiger partial charge in [-0.05, 0) is 31.5 Å². The van der Waals surface area contributed by atoms with Crippen molar-refractivity contribution in [2.75, 3.05) is 26.2 Å². The Bertz CT molecular complexity index is 906. The zero-order chi connectivity index (χ0) is 18.9. The summed E-state index contributed by atoms with van der Waals surface area (Å²) in [5.74, 6) is 0.293. The van der Waals surface area contributed by atoms with E-state index in [2.05, 4.69) is 11.2 Å². The molecule has 0 saturated carbocycles. The van der Waals surface area contributed by atoms with Crippen molar-refractivity contribution in [3.63, 3.8) is 0 Å². The molecular weight excluding hydrogens is 376 g/mol. The van der Waals surface area contributed by atoms with Crippen LogP contribution in [-0.4, -0.2) is 49.0 Å². The van der Waals surface area contributed by atoms with Gasteiger partial charge in [0.25, 0.3) is 0 Å². The summed E-state index contributed by atoms with van der Waals surface area (Å²) in [5.41, 5.74) is 1.21. The van der Waals surface area contributed by atoms with Crippen LogP contribution in [0.15, 0.2) is 33.7 Å². The van der Waals surface area contributed by atoms with Crippen LogP contribution in [0.4, 0.5) is 0 Å². The van der Waals surface area contributed by atoms with Crippen molar-refractivity contribution in [3.8, 4) is 6.07 Å². The van der Waals surface area contributed by atoms with E-state index in [1.165, 1.54) is 4.31 Å². The van der Waals surface area contributed by atoms with Crippen LogP contribution < -0.4 is 0 Å². The molecule has 1 aromatic heterocycles. The number of sulfonamides is 1. The summed E-state index contributed by atoms with van der Waals surface area (Å²) in [7, 11) is -3.66. The molecule has 26 heavy (non-hydrogen) atoms. The van der Waals surface area contributed by atoms with Gasteiger partial charge >= 0.3 is 0 Å². The number of aromatic nitrogens is 1. The fraction of sp³-hybridized carbons (Fsp3) is 0.412. The predicted octanol–water partition coefficient (Wildman–Crippen LogP) is 2.52. The maximum atomic E-state index is 12.9. The van der Waals surface area contributed by atoms with Gasteiger partial charge in [0.2, 0.25) is 10.0 Å². The molecule has 0 bridgehead atoms. The van der Waals surface area contributed by atoms with Gasteiger partial charge in [-0.25, -0.2) is 8.42 Å². The molecule has 1 aliphatic rings. The molecular formula is C17H19ClN4O3S. The van der Waals surface area contributed by atoms with E-state index in [-0.39, 0.29) is 4.90 Å². The molecule has 138 valence electrons. The van der Waals surface area contributed by atoms with E-state index in [1.54, 1.807) is 26.0 Å². The van der Waals surface area contributed by atoms with Crippen molar-refractivity contribution in [3.05, 3.63) is 46.3 Å². The fourth-order valence-corrected chi connectivity index (χ4v) is 5.03. The average Bonchev–Trinajstić information content (AvgIpc) is 2.97. The Morgan fingerprint density at radius 1 is 1.19 bits per heavy atom. The van der Waals surface area contributed by atoms with E-state index in [0.717, 1.165) is 5.56 Å². The van der Waals surface area contributed by atoms with Gasteiger partial charge in [-0.3, -0.25) is 4.90 Å². The molecule has 3 rings (SSSR count). The maximum absolute atomic E-state index is 12.9. The first kappa shape index (κ1) is 18.9. The largest absolute Gasteiger partial charge is 0.360 e. The number of nitriles is 1. The third-order valence-corrected chi connectivity index (χ3v) is 6.91. The van der Waals surface area contributed by atoms with Gasteiger partial charge in [0.1, 0.15) is 16.6 Å². The van der Waals surface area contributed by atoms with Gasteiger partial charge in [0, 0.05) is 31.2 Å². The number of nitrogens with zero attached hydrogens (tertiary/aromatic N) is 4. The summed E-state index contributed by atoms with van der Waals surface area (Å²) in [6.07, 6.45) is 0. The minimum absolute atomic E-state index is 0.139. The minimum Gasteiger partial charge on any atom is -0.360 e. The summed E-state index contributed by atoms with van der Waals surface area (Å²) in [6.45, 7) is 4.74. The van der Waals surface area contributed by atoms with E-state index in [9.17, 15) is 13.7 Å². The van der Waals surface area contributed by atoms with Crippen LogP contribution in [0.3, 0.4) is 0 Å². The van der Waals surface area contributed by atoms with Crippen LogP contribution in [0.2, 0.25) is 5.02 Å². The first-order chi connectivity index (χ1) is 12.3. The molecule has 0 radical (unpaired) electrons. The summed E-state index contributed by atoms with van der Waals surface area (Å²) < 4.78 is 32.2. The Hall–Kier alpha value is -1.92. The Labute approximate surface area is 157 Å². The molecule has 0 aliphatic carbocycles. The Morgan fingerprint density at radius 3 is 2.31 bits per heavy atom. The number of hydrogen-bond acceptors (Lipinski definition) is 6. The Balaban J connectivity index is 1.74. The van der Waals surface area contributed by atoms with E-state index in [1.807, 2.05) is 17.0 Å². The number of halogens is 1. The van der Waals surface area contributed by atoms with Gasteiger partial charge in [-0.1, -0.05) is 28.9 Å². The topological polar surface area (TPSA) is 90.4 Å². The number of benzene rings is 1. The highest BCUT2D eigenvalue weighted by Gasteiger charge is 2.35. The molecule has 0 spiro atoms. The van der Waals surface area contributed by atoms with Gasteiger partial charge in [0.15, 0.2) is 5.76 Å². The normalized spacial score (nSPS) is 17.8. The second-order valence-electron chi connectivity index (χ2n) is 6.18. The SMILES string of the molecule is Cc1noc(C)c1S(=O)(=O)N1CCN(C(C#N)c2ccc(Cl)cc2)CC1. The molecule has 0 N–H and O–H groups in total. The summed E-state index contributed by atoms with van der Waals surface area (Å²) in [6, 6.07) is 9.01. The third-order valence-electron chi connectivity index (χ3n) is 4.51. The monoisotopic (exact) mass is 394 g/mol. The fourth-order valence-electron chi connectivity index (χ4n) is 3.19. The molecule has 2 heterocycles. The molecule has 1 aliphatic heterocycles. The highest BCUT2D eigenvalue weighted by molar-refractivity contribution is 7.89. The van der Waals surface area contributed by atoms with Crippen LogP contribution in [0.25, 0.3) is 0 Å². The number of piperazine rings is 1. The maximum Gasteiger partial charge on any atom is 0.248 e. The van der Waals surface area contributed by atoms with Crippen molar-refractivity contribution in [2.24, 2.45) is 0 Å². The molecule has 1 atom stereocenters. The zero-order valence-electron chi connectivity index (χ0n) is 14.5. The molecule has 2 aromatic rings. The van der Waals surface area contributed by atoms with Gasteiger partial charge in [0.05, 0.1) is 6.07 Å². The number of aryl methyl sites for hydroxylation is 2. The lowest BCUT2D eigenvalue weighted by Gasteiger charge is -2.36. The van der Waals surface area contributed by atoms with E-state index in [0.29, 0.717) is 42.7 Å². The lowest BCUT2D eigenvalue weighted by molar-refractivity contribution is 0.162. The molecule has 1 fully saturated rings. The highest BCUT2D eigenvalue weighted by atomic mass is 35.5. The van der Waals surface area contributed by atoms with Gasteiger partial charge in [-0.2, -0.15) is 9.57 Å². The first-order valence-electron chi connectivity index (χ1n) is 8.16. The molecule has 7 nitrogen and oxygen atoms in total. The average molecular weight is 395 g/mol. The number of rotatable bonds is 4. The van der Waals surface area contributed by atoms with Crippen LogP contribution >= 0.6 is 11.6 Å². The van der Waals surface area contributed by atoms with Gasteiger partial charge in [-0.15, -0.1) is 0 Å². The lowest BCUT2D eigenvalue weighted by Crippen LogP contribution is -2.49. The van der Waals surface area contributed by atoms with E-state index < -0.39 is 16.1 Å². The van der Waals surface area contributed by atoms with Crippen molar-refractivity contribution < 1.29 is 12.9 Å². The third kappa shape index (κ3) is 3.48. The Morgan fingerprint density at radius 2 is 1.81 bits per heavy atom. The Kier molecular flexibility index (Phi) is 5.34. The quantitative estimate of drug-likeness (QED) is 0.791. The van der Waals surface area contributed by atoms with Crippen LogP contribution in [0.5, 0.6) is 0 Å². The lowest BCUT2D eigenvalue weighted by atomic mass is 10.1. The summed E-state index contributed by atoms with van der Waals surface area (Å²) in [4.78, 5) is 2.11. The van der Waals surface area contributed by atoms with Crippen LogP contribution in [-0.2, 0) is 10.0 Å². The molecule has 1 saturated heterocycles. The summed E-state index contributed by atoms with van der Waals surface area (Å²) in [5, 5.41) is 13.9. The van der Waals surface area contributed by atoms with Crippen molar-refractivity contribution in [1.82, 2.24) is 14.4 Å². The second kappa shape index (κ2) is 7.37. The van der Waals surface area contributed by atoms with E-state index in [4.69, 9.17) is 16.1 Å². The van der Waals surface area contributed by atoms with Crippen LogP contribution in [0.1, 0.15) is 23.1 Å². The summed E-state index contributed by atoms with van der Waals surface area (Å²) >= 11 is 5.91. The predicted molar refractivity (Wildman–Crippen MR) is 96.1 cm³/mol. The van der Waals surface area contributed by atoms with E-state index >= 15 is 0 Å². The standard InChI is InChI=1S/C17H19ClN4O3S/c1-12-17(13(2)25-20-12)26(23,24)22-9-7-21(8-10-22)16(11-19)14-3-5-15(18)6-4-14/h3-6,16H,7-10H2,1-2H3. The molecule has 0 amide bonds. The van der Waals surface area contributed by atoms with Crippen molar-refractivity contribution in [2.45, 2.75) is 24.8 Å². The number of hydrogen-bond donors (Lipinski definition) is 0. The van der Waals surface area contributed by atoms with Gasteiger partial charge < -0.3 is 4.52 Å².